The fourth-order valence-electron chi connectivity index (χ4n) is 4.35. The molecule has 1 aliphatic heterocycles. The van der Waals surface area contributed by atoms with Crippen LogP contribution < -0.4 is 14.2 Å². The third-order valence-electron chi connectivity index (χ3n) is 6.21. The minimum absolute atomic E-state index is 0.269. The molecule has 1 aliphatic carbocycles. The molecule has 2 aromatic rings. The second-order valence-electron chi connectivity index (χ2n) is 8.25. The van der Waals surface area contributed by atoms with E-state index >= 15 is 0 Å². The number of aliphatic hydroxyl groups is 4. The molecule has 34 heavy (non-hydrogen) atoms. The molecule has 9 nitrogen and oxygen atoms in total. The van der Waals surface area contributed by atoms with Gasteiger partial charge in [-0.1, -0.05) is 12.1 Å². The predicted octanol–water partition coefficient (Wildman–Crippen LogP) is 1.14. The average Bonchev–Trinajstić information content (AvgIpc) is 3.00. The van der Waals surface area contributed by atoms with Crippen LogP contribution in [0.2, 0.25) is 0 Å². The zero-order valence-corrected chi connectivity index (χ0v) is 19.3. The Morgan fingerprint density at radius 1 is 0.882 bits per heavy atom. The topological polar surface area (TPSA) is 127 Å². The highest BCUT2D eigenvalue weighted by atomic mass is 16.7. The van der Waals surface area contributed by atoms with Gasteiger partial charge >= 0.3 is 0 Å². The van der Waals surface area contributed by atoms with E-state index in [1.807, 2.05) is 24.3 Å². The van der Waals surface area contributed by atoms with Crippen molar-refractivity contribution >= 4 is 5.57 Å². The van der Waals surface area contributed by atoms with E-state index in [2.05, 4.69) is 6.08 Å². The van der Waals surface area contributed by atoms with Gasteiger partial charge in [-0.25, -0.2) is 0 Å². The van der Waals surface area contributed by atoms with Crippen LogP contribution in [0.1, 0.15) is 11.1 Å². The lowest BCUT2D eigenvalue weighted by Gasteiger charge is -2.39. The number of hydrogen-bond donors (Lipinski definition) is 4. The van der Waals surface area contributed by atoms with Gasteiger partial charge in [0.05, 0.1) is 27.4 Å². The molecular formula is C25H30O9. The van der Waals surface area contributed by atoms with Crippen molar-refractivity contribution in [1.29, 1.82) is 0 Å². The summed E-state index contributed by atoms with van der Waals surface area (Å²) in [4.78, 5) is 0. The Kier molecular flexibility index (Phi) is 7.42. The van der Waals surface area contributed by atoms with Gasteiger partial charge in [-0.05, 0) is 58.5 Å². The zero-order chi connectivity index (χ0) is 24.4. The highest BCUT2D eigenvalue weighted by Gasteiger charge is 2.45. The van der Waals surface area contributed by atoms with Gasteiger partial charge in [0.25, 0.3) is 0 Å². The number of hydrogen-bond acceptors (Lipinski definition) is 9. The molecular weight excluding hydrogens is 444 g/mol. The van der Waals surface area contributed by atoms with E-state index in [4.69, 9.17) is 23.7 Å². The molecule has 0 amide bonds. The van der Waals surface area contributed by atoms with E-state index < -0.39 is 37.3 Å². The number of fused-ring (bicyclic) bond motifs is 3. The van der Waals surface area contributed by atoms with Gasteiger partial charge in [-0.15, -0.1) is 0 Å². The number of rotatable bonds is 7. The predicted molar refractivity (Wildman–Crippen MR) is 123 cm³/mol. The van der Waals surface area contributed by atoms with Crippen molar-refractivity contribution in [1.82, 2.24) is 0 Å². The van der Waals surface area contributed by atoms with Crippen molar-refractivity contribution in [3.05, 3.63) is 47.5 Å². The third-order valence-corrected chi connectivity index (χ3v) is 6.21. The molecule has 2 aromatic carbocycles. The van der Waals surface area contributed by atoms with Gasteiger partial charge in [0, 0.05) is 7.11 Å². The molecule has 4 rings (SSSR count). The zero-order valence-electron chi connectivity index (χ0n) is 19.3. The maximum absolute atomic E-state index is 10.4. The smallest absolute Gasteiger partial charge is 0.229 e. The van der Waals surface area contributed by atoms with Crippen LogP contribution in [0.5, 0.6) is 17.2 Å². The van der Waals surface area contributed by atoms with Gasteiger partial charge in [0.2, 0.25) is 6.29 Å². The van der Waals surface area contributed by atoms with E-state index in [1.54, 1.807) is 20.3 Å². The first-order valence-corrected chi connectivity index (χ1v) is 11.0. The lowest BCUT2D eigenvalue weighted by atomic mass is 9.93. The van der Waals surface area contributed by atoms with Crippen molar-refractivity contribution in [2.24, 2.45) is 0 Å². The van der Waals surface area contributed by atoms with Crippen molar-refractivity contribution < 1.29 is 44.1 Å². The van der Waals surface area contributed by atoms with Gasteiger partial charge < -0.3 is 44.1 Å². The van der Waals surface area contributed by atoms with Crippen molar-refractivity contribution in [3.8, 4) is 28.4 Å². The quantitative estimate of drug-likeness (QED) is 0.467. The Morgan fingerprint density at radius 2 is 1.65 bits per heavy atom. The molecule has 0 radical (unpaired) electrons. The maximum atomic E-state index is 10.4. The highest BCUT2D eigenvalue weighted by molar-refractivity contribution is 5.87. The molecule has 0 saturated carbocycles. The minimum atomic E-state index is -1.55. The molecule has 9 heteroatoms. The van der Waals surface area contributed by atoms with Gasteiger partial charge in [-0.2, -0.15) is 0 Å². The largest absolute Gasteiger partial charge is 0.497 e. The summed E-state index contributed by atoms with van der Waals surface area (Å²) in [6.45, 7) is -0.152. The summed E-state index contributed by atoms with van der Waals surface area (Å²) in [7, 11) is 4.75. The Balaban J connectivity index is 1.79. The fraction of sp³-hybridized carbons (Fsp3) is 0.440. The molecule has 1 heterocycles. The molecule has 0 bridgehead atoms. The molecule has 184 valence electrons. The van der Waals surface area contributed by atoms with Crippen LogP contribution in [0.15, 0.2) is 36.4 Å². The normalized spacial score (nSPS) is 26.1. The van der Waals surface area contributed by atoms with Gasteiger partial charge in [-0.3, -0.25) is 0 Å². The fourth-order valence-corrected chi connectivity index (χ4v) is 4.35. The van der Waals surface area contributed by atoms with Crippen LogP contribution in [0.25, 0.3) is 16.7 Å². The molecule has 2 aliphatic rings. The molecule has 4 N–H and O–H groups in total. The van der Waals surface area contributed by atoms with Crippen molar-refractivity contribution in [2.75, 3.05) is 34.5 Å². The summed E-state index contributed by atoms with van der Waals surface area (Å²) in [5.41, 5.74) is 4.77. The summed E-state index contributed by atoms with van der Waals surface area (Å²) >= 11 is 0. The van der Waals surface area contributed by atoms with Crippen LogP contribution in [-0.2, 0) is 15.9 Å². The first-order chi connectivity index (χ1) is 16.4. The molecule has 5 atom stereocenters. The molecule has 0 unspecified atom stereocenters. The Labute approximate surface area is 197 Å². The summed E-state index contributed by atoms with van der Waals surface area (Å²) in [5, 5.41) is 40.1. The number of benzene rings is 2. The Bertz CT molecular complexity index is 1050. The van der Waals surface area contributed by atoms with E-state index in [9.17, 15) is 20.4 Å². The molecule has 1 saturated heterocycles. The number of methoxy groups -OCH3 is 3. The van der Waals surface area contributed by atoms with Gasteiger partial charge in [0.1, 0.15) is 30.2 Å². The van der Waals surface area contributed by atoms with Crippen LogP contribution in [0.3, 0.4) is 0 Å². The average molecular weight is 475 g/mol. The van der Waals surface area contributed by atoms with Crippen molar-refractivity contribution in [3.63, 3.8) is 0 Å². The maximum Gasteiger partial charge on any atom is 0.229 e. The number of aliphatic hydroxyl groups excluding tert-OH is 4. The van der Waals surface area contributed by atoms with E-state index in [-0.39, 0.29) is 5.75 Å². The van der Waals surface area contributed by atoms with Gasteiger partial charge in [0.15, 0.2) is 11.5 Å². The lowest BCUT2D eigenvalue weighted by molar-refractivity contribution is -0.277. The first kappa shape index (κ1) is 24.5. The van der Waals surface area contributed by atoms with Crippen LogP contribution in [0, 0.1) is 0 Å². The van der Waals surface area contributed by atoms with Crippen LogP contribution >= 0.6 is 0 Å². The summed E-state index contributed by atoms with van der Waals surface area (Å²) in [6.07, 6.45) is -4.21. The monoisotopic (exact) mass is 474 g/mol. The first-order valence-electron chi connectivity index (χ1n) is 11.0. The standard InChI is InChI=1S/C25H30O9/c1-30-12-14-5-4-13-8-15(31-2)6-7-16(13)18-10-20(19(32-3)9-17(14)18)33-25-24(29)23(28)22(27)21(11-26)34-25/h5-10,21-29H,4,11-12H2,1-3H3/t21-,22-,23+,24-,25-/m0/s1. The van der Waals surface area contributed by atoms with Crippen LogP contribution in [-0.4, -0.2) is 85.7 Å². The van der Waals surface area contributed by atoms with Crippen molar-refractivity contribution in [2.45, 2.75) is 37.1 Å². The summed E-state index contributed by atoms with van der Waals surface area (Å²) in [5.74, 6) is 1.40. The van der Waals surface area contributed by atoms with E-state index in [1.165, 1.54) is 7.11 Å². The second kappa shape index (κ2) is 10.3. The highest BCUT2D eigenvalue weighted by Crippen LogP contribution is 2.43. The Morgan fingerprint density at radius 3 is 2.32 bits per heavy atom. The molecule has 0 aromatic heterocycles. The van der Waals surface area contributed by atoms with Crippen LogP contribution in [0.4, 0.5) is 0 Å². The second-order valence-corrected chi connectivity index (χ2v) is 8.25. The summed E-state index contributed by atoms with van der Waals surface area (Å²) in [6, 6.07) is 9.45. The number of ether oxygens (including phenoxy) is 5. The minimum Gasteiger partial charge on any atom is -0.497 e. The Hall–Kier alpha value is -2.66. The summed E-state index contributed by atoms with van der Waals surface area (Å²) < 4.78 is 27.9. The third kappa shape index (κ3) is 4.50. The van der Waals surface area contributed by atoms with E-state index in [0.717, 1.165) is 33.6 Å². The molecule has 0 spiro atoms. The van der Waals surface area contributed by atoms with E-state index in [0.29, 0.717) is 18.8 Å². The number of allylic oxidation sites excluding steroid dienone is 1. The SMILES string of the molecule is COCC1=CCc2cc(OC)ccc2-c2cc(O[C@H]3O[C@@H](CO)[C@H](O)[C@@H](O)[C@@H]3O)c(OC)cc21. The molecule has 1 fully saturated rings. The lowest BCUT2D eigenvalue weighted by Crippen LogP contribution is -2.60.